The molecule has 3 aromatic rings. The maximum Gasteiger partial charge on any atom is 0.324 e. The first kappa shape index (κ1) is 21.4. The number of aliphatic hydroxyl groups excluding tert-OH is 2. The SMILES string of the molecule is C[C@@H]1CN(c2ncc(C[C@H](O)CO)cc2F)CCN1C(=O)Nc1nc2ccccc2s1. The van der Waals surface area contributed by atoms with E-state index in [2.05, 4.69) is 15.3 Å². The second-order valence-corrected chi connectivity index (χ2v) is 8.63. The summed E-state index contributed by atoms with van der Waals surface area (Å²) in [6.45, 7) is 2.83. The molecule has 10 heteroatoms. The molecule has 2 amide bonds. The van der Waals surface area contributed by atoms with Gasteiger partial charge in [-0.05, 0) is 30.7 Å². The van der Waals surface area contributed by atoms with Crippen LogP contribution in [0.1, 0.15) is 12.5 Å². The highest BCUT2D eigenvalue weighted by atomic mass is 32.1. The number of rotatable bonds is 5. The Balaban J connectivity index is 1.39. The Labute approximate surface area is 183 Å². The van der Waals surface area contributed by atoms with Crippen LogP contribution in [0.25, 0.3) is 10.2 Å². The summed E-state index contributed by atoms with van der Waals surface area (Å²) < 4.78 is 15.6. The molecule has 3 heterocycles. The molecule has 0 aliphatic carbocycles. The summed E-state index contributed by atoms with van der Waals surface area (Å²) in [7, 11) is 0. The van der Waals surface area contributed by atoms with Gasteiger partial charge in [-0.25, -0.2) is 19.2 Å². The van der Waals surface area contributed by atoms with Gasteiger partial charge in [0, 0.05) is 38.3 Å². The molecule has 31 heavy (non-hydrogen) atoms. The van der Waals surface area contributed by atoms with Crippen LogP contribution in [0.5, 0.6) is 0 Å². The number of fused-ring (bicyclic) bond motifs is 1. The molecule has 4 rings (SSSR count). The van der Waals surface area contributed by atoms with Gasteiger partial charge in [0.05, 0.1) is 22.9 Å². The minimum Gasteiger partial charge on any atom is -0.394 e. The average molecular weight is 446 g/mol. The van der Waals surface area contributed by atoms with Crippen molar-refractivity contribution in [2.24, 2.45) is 0 Å². The van der Waals surface area contributed by atoms with Gasteiger partial charge in [0.25, 0.3) is 0 Å². The average Bonchev–Trinajstić information content (AvgIpc) is 3.15. The van der Waals surface area contributed by atoms with Crippen molar-refractivity contribution in [3.8, 4) is 0 Å². The van der Waals surface area contributed by atoms with E-state index >= 15 is 0 Å². The van der Waals surface area contributed by atoms with Crippen LogP contribution in [0.2, 0.25) is 0 Å². The van der Waals surface area contributed by atoms with Crippen LogP contribution in [0.3, 0.4) is 0 Å². The fourth-order valence-electron chi connectivity index (χ4n) is 3.69. The fourth-order valence-corrected chi connectivity index (χ4v) is 4.55. The number of halogens is 1. The molecular weight excluding hydrogens is 421 g/mol. The zero-order valence-corrected chi connectivity index (χ0v) is 17.8. The summed E-state index contributed by atoms with van der Waals surface area (Å²) in [5.41, 5.74) is 1.36. The number of hydrogen-bond acceptors (Lipinski definition) is 7. The van der Waals surface area contributed by atoms with E-state index < -0.39 is 11.9 Å². The van der Waals surface area contributed by atoms with Crippen molar-refractivity contribution >= 4 is 38.5 Å². The molecule has 164 valence electrons. The van der Waals surface area contributed by atoms with Gasteiger partial charge in [-0.2, -0.15) is 0 Å². The molecule has 0 spiro atoms. The lowest BCUT2D eigenvalue weighted by molar-refractivity contribution is 0.0954. The largest absolute Gasteiger partial charge is 0.394 e. The lowest BCUT2D eigenvalue weighted by Crippen LogP contribution is -2.55. The van der Waals surface area contributed by atoms with Crippen molar-refractivity contribution in [1.82, 2.24) is 14.9 Å². The van der Waals surface area contributed by atoms with E-state index in [4.69, 9.17) is 5.11 Å². The molecule has 1 aliphatic rings. The first-order valence-electron chi connectivity index (χ1n) is 10.1. The summed E-state index contributed by atoms with van der Waals surface area (Å²) in [5.74, 6) is -0.262. The maximum atomic E-state index is 14.6. The number of thiazole rings is 1. The van der Waals surface area contributed by atoms with E-state index in [1.165, 1.54) is 23.6 Å². The zero-order valence-electron chi connectivity index (χ0n) is 17.0. The monoisotopic (exact) mass is 445 g/mol. The molecule has 2 atom stereocenters. The Morgan fingerprint density at radius 2 is 2.19 bits per heavy atom. The number of carbonyl (C=O) groups excluding carboxylic acids is 1. The molecule has 0 radical (unpaired) electrons. The molecule has 1 saturated heterocycles. The van der Waals surface area contributed by atoms with Crippen molar-refractivity contribution in [3.05, 3.63) is 47.9 Å². The highest BCUT2D eigenvalue weighted by Gasteiger charge is 2.30. The molecule has 8 nitrogen and oxygen atoms in total. The first-order valence-corrected chi connectivity index (χ1v) is 10.9. The minimum absolute atomic E-state index is 0.136. The number of benzene rings is 1. The number of aromatic nitrogens is 2. The second-order valence-electron chi connectivity index (χ2n) is 7.59. The van der Waals surface area contributed by atoms with E-state index in [-0.39, 0.29) is 30.9 Å². The van der Waals surface area contributed by atoms with Gasteiger partial charge in [0.15, 0.2) is 16.8 Å². The lowest BCUT2D eigenvalue weighted by atomic mass is 10.1. The normalized spacial score (nSPS) is 17.7. The van der Waals surface area contributed by atoms with E-state index in [0.29, 0.717) is 30.3 Å². The molecule has 0 saturated carbocycles. The summed E-state index contributed by atoms with van der Waals surface area (Å²) in [4.78, 5) is 25.0. The van der Waals surface area contributed by atoms with Gasteiger partial charge in [0.1, 0.15) is 0 Å². The molecule has 1 fully saturated rings. The first-order chi connectivity index (χ1) is 14.9. The van der Waals surface area contributed by atoms with E-state index in [1.807, 2.05) is 36.1 Å². The van der Waals surface area contributed by atoms with Gasteiger partial charge in [-0.3, -0.25) is 5.32 Å². The van der Waals surface area contributed by atoms with E-state index in [1.54, 1.807) is 4.90 Å². The van der Waals surface area contributed by atoms with Crippen LogP contribution in [-0.2, 0) is 6.42 Å². The number of carbonyl (C=O) groups is 1. The number of nitrogens with one attached hydrogen (secondary N) is 1. The van der Waals surface area contributed by atoms with Crippen LogP contribution in [0.15, 0.2) is 36.5 Å². The Bertz CT molecular complexity index is 1050. The standard InChI is InChI=1S/C21H24FN5O3S/c1-13-11-26(19-16(22)9-14(10-23-19)8-15(29)12-28)6-7-27(13)21(30)25-20-24-17-4-2-3-5-18(17)31-20/h2-5,9-10,13,15,28-29H,6-8,11-12H2,1H3,(H,24,25,30)/t13-,15+/m1/s1. The minimum atomic E-state index is -0.940. The molecule has 0 unspecified atom stereocenters. The van der Waals surface area contributed by atoms with Crippen LogP contribution < -0.4 is 10.2 Å². The van der Waals surface area contributed by atoms with Crippen molar-refractivity contribution in [2.45, 2.75) is 25.5 Å². The van der Waals surface area contributed by atoms with Crippen molar-refractivity contribution < 1.29 is 19.4 Å². The number of piperazine rings is 1. The third kappa shape index (κ3) is 4.76. The summed E-state index contributed by atoms with van der Waals surface area (Å²) in [5, 5.41) is 21.9. The Morgan fingerprint density at radius 3 is 2.90 bits per heavy atom. The van der Waals surface area contributed by atoms with Gasteiger partial charge in [0.2, 0.25) is 0 Å². The highest BCUT2D eigenvalue weighted by molar-refractivity contribution is 7.22. The highest BCUT2D eigenvalue weighted by Crippen LogP contribution is 2.26. The quantitative estimate of drug-likeness (QED) is 0.558. The predicted octanol–water partition coefficient (Wildman–Crippen LogP) is 2.47. The van der Waals surface area contributed by atoms with Gasteiger partial charge >= 0.3 is 6.03 Å². The number of anilines is 2. The van der Waals surface area contributed by atoms with E-state index in [9.17, 15) is 14.3 Å². The number of aliphatic hydroxyl groups is 2. The Hall–Kier alpha value is -2.82. The summed E-state index contributed by atoms with van der Waals surface area (Å²) in [6, 6.07) is 8.65. The number of urea groups is 1. The van der Waals surface area contributed by atoms with E-state index in [0.717, 1.165) is 10.2 Å². The van der Waals surface area contributed by atoms with Crippen LogP contribution >= 0.6 is 11.3 Å². The molecule has 3 N–H and O–H groups in total. The Morgan fingerprint density at radius 1 is 1.39 bits per heavy atom. The van der Waals surface area contributed by atoms with Gasteiger partial charge in [-0.1, -0.05) is 23.5 Å². The van der Waals surface area contributed by atoms with Crippen LogP contribution in [-0.4, -0.2) is 69.5 Å². The number of para-hydroxylation sites is 1. The fraction of sp³-hybridized carbons (Fsp3) is 0.381. The Kier molecular flexibility index (Phi) is 6.30. The number of nitrogens with zero attached hydrogens (tertiary/aromatic N) is 4. The number of amides is 2. The van der Waals surface area contributed by atoms with Gasteiger partial charge < -0.3 is 20.0 Å². The molecule has 0 bridgehead atoms. The number of hydrogen-bond donors (Lipinski definition) is 3. The topological polar surface area (TPSA) is 102 Å². The van der Waals surface area contributed by atoms with Crippen LogP contribution in [0, 0.1) is 5.82 Å². The summed E-state index contributed by atoms with van der Waals surface area (Å²) in [6.07, 6.45) is 0.704. The summed E-state index contributed by atoms with van der Waals surface area (Å²) >= 11 is 1.42. The molecular formula is C21H24FN5O3S. The molecule has 2 aromatic heterocycles. The van der Waals surface area contributed by atoms with Crippen molar-refractivity contribution in [3.63, 3.8) is 0 Å². The maximum absolute atomic E-state index is 14.6. The third-order valence-corrected chi connectivity index (χ3v) is 6.21. The van der Waals surface area contributed by atoms with Gasteiger partial charge in [-0.15, -0.1) is 0 Å². The predicted molar refractivity (Wildman–Crippen MR) is 118 cm³/mol. The second kappa shape index (κ2) is 9.13. The smallest absolute Gasteiger partial charge is 0.324 e. The molecule has 1 aliphatic heterocycles. The number of pyridine rings is 1. The third-order valence-electron chi connectivity index (χ3n) is 5.26. The van der Waals surface area contributed by atoms with Crippen molar-refractivity contribution in [1.29, 1.82) is 0 Å². The van der Waals surface area contributed by atoms with Crippen LogP contribution in [0.4, 0.5) is 20.1 Å². The van der Waals surface area contributed by atoms with Crippen molar-refractivity contribution in [2.75, 3.05) is 36.5 Å². The molecule has 1 aromatic carbocycles. The lowest BCUT2D eigenvalue weighted by Gasteiger charge is -2.40. The zero-order chi connectivity index (χ0) is 22.0.